The van der Waals surface area contributed by atoms with Gasteiger partial charge in [-0.15, -0.1) is 0 Å². The molecule has 3 fully saturated rings. The fourth-order valence-electron chi connectivity index (χ4n) is 4.67. The second-order valence-corrected chi connectivity index (χ2v) is 8.90. The Bertz CT molecular complexity index is 1100. The predicted octanol–water partition coefficient (Wildman–Crippen LogP) is 2.85. The molecule has 164 valence electrons. The molecule has 0 aromatic carbocycles. The molecule has 1 N–H and O–H groups in total. The molecule has 1 spiro atoms. The van der Waals surface area contributed by atoms with E-state index in [2.05, 4.69) is 21.4 Å². The van der Waals surface area contributed by atoms with Crippen LogP contribution in [0, 0.1) is 18.3 Å². The number of amides is 1. The summed E-state index contributed by atoms with van der Waals surface area (Å²) in [5.41, 5.74) is 1.74. The highest BCUT2D eigenvalue weighted by Gasteiger charge is 2.59. The van der Waals surface area contributed by atoms with Crippen molar-refractivity contribution in [2.45, 2.75) is 50.7 Å². The summed E-state index contributed by atoms with van der Waals surface area (Å²) in [6, 6.07) is 7.63. The Kier molecular flexibility index (Phi) is 5.27. The summed E-state index contributed by atoms with van der Waals surface area (Å²) < 4.78 is 6.02. The Labute approximate surface area is 192 Å². The molecule has 5 rings (SSSR count). The quantitative estimate of drug-likeness (QED) is 0.714. The molecule has 2 aromatic rings. The van der Waals surface area contributed by atoms with Crippen LogP contribution in [0.4, 0.5) is 11.4 Å². The molecular formula is C23H24N6O2S. The Morgan fingerprint density at radius 3 is 2.56 bits per heavy atom. The molecule has 3 aliphatic rings. The van der Waals surface area contributed by atoms with Gasteiger partial charge in [-0.2, -0.15) is 5.26 Å². The fraction of sp³-hybridized carbons (Fsp3) is 0.435. The molecule has 8 nitrogen and oxygen atoms in total. The zero-order chi connectivity index (χ0) is 22.3. The fourth-order valence-corrected chi connectivity index (χ4v) is 5.13. The minimum Gasteiger partial charge on any atom is -0.474 e. The van der Waals surface area contributed by atoms with E-state index < -0.39 is 5.54 Å². The van der Waals surface area contributed by atoms with Crippen molar-refractivity contribution in [2.24, 2.45) is 0 Å². The Morgan fingerprint density at radius 1 is 1.22 bits per heavy atom. The van der Waals surface area contributed by atoms with Crippen LogP contribution in [0.2, 0.25) is 0 Å². The summed E-state index contributed by atoms with van der Waals surface area (Å²) in [5, 5.41) is 12.9. The van der Waals surface area contributed by atoms with Crippen LogP contribution in [0.25, 0.3) is 0 Å². The molecule has 9 heteroatoms. The first-order chi connectivity index (χ1) is 15.5. The number of nitrogens with zero attached hydrogens (tertiary/aromatic N) is 5. The van der Waals surface area contributed by atoms with Crippen molar-refractivity contribution in [1.29, 1.82) is 5.26 Å². The maximum Gasteiger partial charge on any atom is 0.259 e. The molecule has 0 bridgehead atoms. The first-order valence-electron chi connectivity index (χ1n) is 10.9. The van der Waals surface area contributed by atoms with Crippen LogP contribution in [0.15, 0.2) is 30.6 Å². The third-order valence-electron chi connectivity index (χ3n) is 6.57. The summed E-state index contributed by atoms with van der Waals surface area (Å²) in [6.45, 7) is 3.71. The predicted molar refractivity (Wildman–Crippen MR) is 124 cm³/mol. The number of nitrogens with one attached hydrogen (secondary N) is 1. The van der Waals surface area contributed by atoms with E-state index in [1.807, 2.05) is 17.0 Å². The van der Waals surface area contributed by atoms with Crippen molar-refractivity contribution < 1.29 is 9.53 Å². The normalized spacial score (nSPS) is 20.4. The van der Waals surface area contributed by atoms with Crippen molar-refractivity contribution in [3.8, 4) is 11.9 Å². The lowest BCUT2D eigenvalue weighted by Gasteiger charge is -2.42. The number of nitriles is 1. The molecule has 32 heavy (non-hydrogen) atoms. The molecular weight excluding hydrogens is 424 g/mol. The number of aryl methyl sites for hydroxylation is 1. The van der Waals surface area contributed by atoms with Gasteiger partial charge in [0.15, 0.2) is 5.11 Å². The van der Waals surface area contributed by atoms with Gasteiger partial charge in [0.25, 0.3) is 5.91 Å². The topological polar surface area (TPSA) is 94.4 Å². The van der Waals surface area contributed by atoms with Gasteiger partial charge in [-0.3, -0.25) is 9.69 Å². The largest absolute Gasteiger partial charge is 0.474 e. The van der Waals surface area contributed by atoms with Gasteiger partial charge >= 0.3 is 0 Å². The zero-order valence-corrected chi connectivity index (χ0v) is 18.7. The van der Waals surface area contributed by atoms with Crippen LogP contribution in [0.5, 0.6) is 5.88 Å². The number of piperidine rings is 1. The van der Waals surface area contributed by atoms with E-state index in [-0.39, 0.29) is 12.0 Å². The van der Waals surface area contributed by atoms with Crippen molar-refractivity contribution in [1.82, 2.24) is 15.3 Å². The Hall–Kier alpha value is -3.09. The second-order valence-electron chi connectivity index (χ2n) is 8.54. The average Bonchev–Trinajstić information content (AvgIpc) is 3.02. The number of ether oxygens (including phenoxy) is 1. The molecule has 2 aromatic heterocycles. The van der Waals surface area contributed by atoms with Gasteiger partial charge in [0.05, 0.1) is 23.8 Å². The van der Waals surface area contributed by atoms with Crippen LogP contribution in [-0.2, 0) is 4.79 Å². The van der Waals surface area contributed by atoms with Gasteiger partial charge in [0.2, 0.25) is 5.88 Å². The molecule has 0 atom stereocenters. The number of thiocarbonyl (C=S) groups is 1. The standard InChI is InChI=1S/C23H24N6O2S/c1-15-11-17(14-26-19(15)12-24)28-21(30)23(7-2-8-23)29(22(28)32)16-3-4-20(27-13-16)31-18-5-9-25-10-6-18/h3-4,11,13-14,18,25H,2,5-10H2,1H3. The molecule has 1 aliphatic carbocycles. The number of pyridine rings is 2. The lowest BCUT2D eigenvalue weighted by Crippen LogP contribution is -2.55. The number of anilines is 2. The number of hydrogen-bond acceptors (Lipinski definition) is 7. The van der Waals surface area contributed by atoms with Crippen LogP contribution >= 0.6 is 12.2 Å². The zero-order valence-electron chi connectivity index (χ0n) is 17.9. The smallest absolute Gasteiger partial charge is 0.259 e. The molecule has 4 heterocycles. The highest BCUT2D eigenvalue weighted by molar-refractivity contribution is 7.81. The van der Waals surface area contributed by atoms with E-state index in [0.717, 1.165) is 50.9 Å². The van der Waals surface area contributed by atoms with E-state index in [1.165, 1.54) is 0 Å². The lowest BCUT2D eigenvalue weighted by molar-refractivity contribution is -0.123. The van der Waals surface area contributed by atoms with Crippen molar-refractivity contribution >= 4 is 34.6 Å². The summed E-state index contributed by atoms with van der Waals surface area (Å²) in [7, 11) is 0. The minimum atomic E-state index is -0.683. The van der Waals surface area contributed by atoms with E-state index in [1.54, 1.807) is 30.3 Å². The summed E-state index contributed by atoms with van der Waals surface area (Å²) in [5.74, 6) is 0.540. The van der Waals surface area contributed by atoms with Gasteiger partial charge in [-0.25, -0.2) is 9.97 Å². The molecule has 1 amide bonds. The van der Waals surface area contributed by atoms with Gasteiger partial charge in [0, 0.05) is 6.07 Å². The number of hydrogen-bond donors (Lipinski definition) is 1. The van der Waals surface area contributed by atoms with Crippen LogP contribution in [-0.4, -0.2) is 45.7 Å². The number of aromatic nitrogens is 2. The monoisotopic (exact) mass is 448 g/mol. The first-order valence-corrected chi connectivity index (χ1v) is 11.3. The van der Waals surface area contributed by atoms with Crippen LogP contribution in [0.1, 0.15) is 43.4 Å². The Balaban J connectivity index is 1.43. The van der Waals surface area contributed by atoms with Gasteiger partial charge in [-0.1, -0.05) is 0 Å². The van der Waals surface area contributed by atoms with E-state index in [0.29, 0.717) is 27.9 Å². The van der Waals surface area contributed by atoms with Gasteiger partial charge < -0.3 is 15.0 Å². The minimum absolute atomic E-state index is 0.0466. The lowest BCUT2D eigenvalue weighted by atomic mass is 9.75. The van der Waals surface area contributed by atoms with E-state index >= 15 is 0 Å². The van der Waals surface area contributed by atoms with Crippen molar-refractivity contribution in [3.63, 3.8) is 0 Å². The van der Waals surface area contributed by atoms with E-state index in [4.69, 9.17) is 17.0 Å². The maximum atomic E-state index is 13.6. The number of rotatable bonds is 4. The van der Waals surface area contributed by atoms with Crippen molar-refractivity contribution in [3.05, 3.63) is 41.9 Å². The molecule has 0 unspecified atom stereocenters. The SMILES string of the molecule is Cc1cc(N2C(=O)C3(CCC3)N(c3ccc(OC4CCNCC4)nc3)C2=S)cnc1C#N. The highest BCUT2D eigenvalue weighted by atomic mass is 32.1. The second kappa shape index (κ2) is 8.11. The Morgan fingerprint density at radius 2 is 1.97 bits per heavy atom. The van der Waals surface area contributed by atoms with Crippen LogP contribution < -0.4 is 19.9 Å². The third-order valence-corrected chi connectivity index (χ3v) is 6.94. The molecule has 0 radical (unpaired) electrons. The highest BCUT2D eigenvalue weighted by Crippen LogP contribution is 2.47. The van der Waals surface area contributed by atoms with Gasteiger partial charge in [-0.05, 0) is 82.0 Å². The van der Waals surface area contributed by atoms with Crippen molar-refractivity contribution in [2.75, 3.05) is 22.9 Å². The first kappa shape index (κ1) is 20.8. The molecule has 1 saturated carbocycles. The summed E-state index contributed by atoms with van der Waals surface area (Å²) in [6.07, 6.45) is 7.81. The number of carbonyl (C=O) groups excluding carboxylic acids is 1. The van der Waals surface area contributed by atoms with Crippen LogP contribution in [0.3, 0.4) is 0 Å². The van der Waals surface area contributed by atoms with Gasteiger partial charge in [0.1, 0.15) is 23.4 Å². The number of carbonyl (C=O) groups is 1. The molecule has 2 aliphatic heterocycles. The van der Waals surface area contributed by atoms with E-state index in [9.17, 15) is 10.1 Å². The summed E-state index contributed by atoms with van der Waals surface area (Å²) >= 11 is 5.79. The third kappa shape index (κ3) is 3.31. The summed E-state index contributed by atoms with van der Waals surface area (Å²) in [4.78, 5) is 25.8. The average molecular weight is 449 g/mol. The maximum absolute atomic E-state index is 13.6. The molecule has 2 saturated heterocycles.